The Balaban J connectivity index is 1.49. The summed E-state index contributed by atoms with van der Waals surface area (Å²) in [6, 6.07) is 5.79. The monoisotopic (exact) mass is 309 g/mol. The van der Waals surface area contributed by atoms with Crippen LogP contribution in [0.4, 0.5) is 4.39 Å². The van der Waals surface area contributed by atoms with Gasteiger partial charge in [-0.2, -0.15) is 0 Å². The second-order valence-electron chi connectivity index (χ2n) is 5.35. The van der Waals surface area contributed by atoms with Gasteiger partial charge in [-0.05, 0) is 37.2 Å². The molecule has 0 saturated carbocycles. The molecule has 1 amide bonds. The van der Waals surface area contributed by atoms with Crippen LogP contribution in [-0.2, 0) is 4.79 Å². The van der Waals surface area contributed by atoms with E-state index < -0.39 is 0 Å². The largest absolute Gasteiger partial charge is 0.493 e. The standard InChI is InChI=1S/C16H24FN3O2/c17-14-2-4-15(5-3-14)22-13-6-16(21)19-7-1-10-20-11-8-18-9-12-20/h2-5,18H,1,6-13H2,(H,19,21). The van der Waals surface area contributed by atoms with Gasteiger partial charge in [-0.1, -0.05) is 0 Å². The molecule has 2 rings (SSSR count). The number of halogens is 1. The van der Waals surface area contributed by atoms with Crippen LogP contribution in [0, 0.1) is 5.82 Å². The maximum absolute atomic E-state index is 12.7. The average Bonchev–Trinajstić information content (AvgIpc) is 2.54. The minimum Gasteiger partial charge on any atom is -0.493 e. The fourth-order valence-corrected chi connectivity index (χ4v) is 2.35. The van der Waals surface area contributed by atoms with Crippen LogP contribution in [0.25, 0.3) is 0 Å². The SMILES string of the molecule is O=C(CCOc1ccc(F)cc1)NCCCN1CCNCC1. The molecule has 1 heterocycles. The van der Waals surface area contributed by atoms with Crippen molar-refractivity contribution in [3.63, 3.8) is 0 Å². The Hall–Kier alpha value is -1.66. The third kappa shape index (κ3) is 6.41. The Labute approximate surface area is 130 Å². The van der Waals surface area contributed by atoms with Gasteiger partial charge in [0.2, 0.25) is 5.91 Å². The third-order valence-electron chi connectivity index (χ3n) is 3.59. The van der Waals surface area contributed by atoms with E-state index in [0.717, 1.165) is 39.1 Å². The zero-order chi connectivity index (χ0) is 15.6. The molecule has 0 aromatic heterocycles. The van der Waals surface area contributed by atoms with E-state index in [0.29, 0.717) is 25.3 Å². The maximum atomic E-state index is 12.7. The van der Waals surface area contributed by atoms with Crippen LogP contribution in [0.5, 0.6) is 5.75 Å². The Morgan fingerprint density at radius 1 is 1.27 bits per heavy atom. The molecule has 1 aromatic carbocycles. The molecule has 5 nitrogen and oxygen atoms in total. The molecule has 1 saturated heterocycles. The Morgan fingerprint density at radius 2 is 2.00 bits per heavy atom. The molecule has 0 spiro atoms. The summed E-state index contributed by atoms with van der Waals surface area (Å²) in [5, 5.41) is 6.21. The first-order chi connectivity index (χ1) is 10.7. The fourth-order valence-electron chi connectivity index (χ4n) is 2.35. The van der Waals surface area contributed by atoms with E-state index in [1.54, 1.807) is 12.1 Å². The summed E-state index contributed by atoms with van der Waals surface area (Å²) in [7, 11) is 0. The summed E-state index contributed by atoms with van der Waals surface area (Å²) in [4.78, 5) is 14.1. The number of piperazine rings is 1. The summed E-state index contributed by atoms with van der Waals surface area (Å²) in [5.41, 5.74) is 0. The lowest BCUT2D eigenvalue weighted by Gasteiger charge is -2.27. The highest BCUT2D eigenvalue weighted by atomic mass is 19.1. The van der Waals surface area contributed by atoms with Crippen LogP contribution in [0.3, 0.4) is 0 Å². The van der Waals surface area contributed by atoms with Gasteiger partial charge in [-0.15, -0.1) is 0 Å². The maximum Gasteiger partial charge on any atom is 0.223 e. The number of nitrogens with zero attached hydrogens (tertiary/aromatic N) is 1. The molecule has 2 N–H and O–H groups in total. The molecule has 1 fully saturated rings. The Morgan fingerprint density at radius 3 is 2.73 bits per heavy atom. The zero-order valence-corrected chi connectivity index (χ0v) is 12.8. The lowest BCUT2D eigenvalue weighted by molar-refractivity contribution is -0.121. The number of carbonyl (C=O) groups is 1. The van der Waals surface area contributed by atoms with Gasteiger partial charge in [-0.3, -0.25) is 4.79 Å². The minimum absolute atomic E-state index is 0.0116. The number of amides is 1. The average molecular weight is 309 g/mol. The molecule has 0 bridgehead atoms. The van der Waals surface area contributed by atoms with Crippen molar-refractivity contribution in [2.24, 2.45) is 0 Å². The Bertz CT molecular complexity index is 447. The van der Waals surface area contributed by atoms with Crippen LogP contribution in [0.2, 0.25) is 0 Å². The Kier molecular flexibility index (Phi) is 7.12. The van der Waals surface area contributed by atoms with Crippen LogP contribution >= 0.6 is 0 Å². The van der Waals surface area contributed by atoms with E-state index >= 15 is 0 Å². The topological polar surface area (TPSA) is 53.6 Å². The second kappa shape index (κ2) is 9.38. The van der Waals surface area contributed by atoms with Crippen molar-refractivity contribution in [1.29, 1.82) is 0 Å². The lowest BCUT2D eigenvalue weighted by Crippen LogP contribution is -2.44. The van der Waals surface area contributed by atoms with Gasteiger partial charge in [0, 0.05) is 32.7 Å². The van der Waals surface area contributed by atoms with Crippen LogP contribution in [-0.4, -0.2) is 56.7 Å². The van der Waals surface area contributed by atoms with E-state index in [2.05, 4.69) is 15.5 Å². The summed E-state index contributed by atoms with van der Waals surface area (Å²) < 4.78 is 18.1. The van der Waals surface area contributed by atoms with Gasteiger partial charge in [0.25, 0.3) is 0 Å². The van der Waals surface area contributed by atoms with Gasteiger partial charge < -0.3 is 20.3 Å². The molecule has 6 heteroatoms. The van der Waals surface area contributed by atoms with Crippen molar-refractivity contribution in [2.45, 2.75) is 12.8 Å². The van der Waals surface area contributed by atoms with E-state index in [9.17, 15) is 9.18 Å². The molecular formula is C16H24FN3O2. The van der Waals surface area contributed by atoms with E-state index in [-0.39, 0.29) is 11.7 Å². The third-order valence-corrected chi connectivity index (χ3v) is 3.59. The summed E-state index contributed by atoms with van der Waals surface area (Å²) in [5.74, 6) is 0.268. The normalized spacial score (nSPS) is 15.5. The van der Waals surface area contributed by atoms with E-state index in [1.165, 1.54) is 12.1 Å². The molecule has 0 atom stereocenters. The first-order valence-electron chi connectivity index (χ1n) is 7.82. The number of hydrogen-bond acceptors (Lipinski definition) is 4. The van der Waals surface area contributed by atoms with Crippen LogP contribution < -0.4 is 15.4 Å². The molecule has 122 valence electrons. The second-order valence-corrected chi connectivity index (χ2v) is 5.35. The lowest BCUT2D eigenvalue weighted by atomic mass is 10.3. The van der Waals surface area contributed by atoms with Crippen LogP contribution in [0.15, 0.2) is 24.3 Å². The molecule has 22 heavy (non-hydrogen) atoms. The molecule has 1 aliphatic rings. The van der Waals surface area contributed by atoms with E-state index in [4.69, 9.17) is 4.74 Å². The van der Waals surface area contributed by atoms with Gasteiger partial charge in [-0.25, -0.2) is 4.39 Å². The summed E-state index contributed by atoms with van der Waals surface area (Å²) in [6.45, 7) is 6.28. The predicted molar refractivity (Wildman–Crippen MR) is 83.4 cm³/mol. The van der Waals surface area contributed by atoms with Crippen molar-refractivity contribution < 1.29 is 13.9 Å². The molecule has 0 radical (unpaired) electrons. The van der Waals surface area contributed by atoms with Crippen molar-refractivity contribution in [3.8, 4) is 5.75 Å². The van der Waals surface area contributed by atoms with Crippen molar-refractivity contribution in [2.75, 3.05) is 45.9 Å². The van der Waals surface area contributed by atoms with Crippen LogP contribution in [0.1, 0.15) is 12.8 Å². The highest BCUT2D eigenvalue weighted by molar-refractivity contribution is 5.75. The van der Waals surface area contributed by atoms with Gasteiger partial charge in [0.15, 0.2) is 0 Å². The summed E-state index contributed by atoms with van der Waals surface area (Å²) in [6.07, 6.45) is 1.27. The molecular weight excluding hydrogens is 285 g/mol. The number of ether oxygens (including phenoxy) is 1. The smallest absolute Gasteiger partial charge is 0.223 e. The highest BCUT2D eigenvalue weighted by Gasteiger charge is 2.08. The number of benzene rings is 1. The minimum atomic E-state index is -0.297. The predicted octanol–water partition coefficient (Wildman–Crippen LogP) is 1.01. The number of rotatable bonds is 8. The zero-order valence-electron chi connectivity index (χ0n) is 12.8. The van der Waals surface area contributed by atoms with Gasteiger partial charge in [0.1, 0.15) is 11.6 Å². The molecule has 0 aliphatic carbocycles. The van der Waals surface area contributed by atoms with Gasteiger partial charge in [0.05, 0.1) is 13.0 Å². The van der Waals surface area contributed by atoms with Crippen molar-refractivity contribution >= 4 is 5.91 Å². The quantitative estimate of drug-likeness (QED) is 0.704. The number of hydrogen-bond donors (Lipinski definition) is 2. The van der Waals surface area contributed by atoms with Crippen molar-refractivity contribution in [3.05, 3.63) is 30.1 Å². The molecule has 0 unspecified atom stereocenters. The first-order valence-corrected chi connectivity index (χ1v) is 7.82. The molecule has 1 aliphatic heterocycles. The van der Waals surface area contributed by atoms with Crippen molar-refractivity contribution in [1.82, 2.24) is 15.5 Å². The highest BCUT2D eigenvalue weighted by Crippen LogP contribution is 2.10. The number of nitrogens with one attached hydrogen (secondary N) is 2. The fraction of sp³-hybridized carbons (Fsp3) is 0.562. The number of carbonyl (C=O) groups excluding carboxylic acids is 1. The van der Waals surface area contributed by atoms with Gasteiger partial charge >= 0.3 is 0 Å². The molecule has 1 aromatic rings. The van der Waals surface area contributed by atoms with E-state index in [1.807, 2.05) is 0 Å². The summed E-state index contributed by atoms with van der Waals surface area (Å²) >= 11 is 0. The first kappa shape index (κ1) is 16.7.